The number of hydrogen-bond acceptors (Lipinski definition) is 4. The molecule has 21 heavy (non-hydrogen) atoms. The van der Waals surface area contributed by atoms with Crippen molar-refractivity contribution in [3.63, 3.8) is 0 Å². The Hall–Kier alpha value is -2.01. The van der Waals surface area contributed by atoms with Crippen LogP contribution in [0.3, 0.4) is 0 Å². The summed E-state index contributed by atoms with van der Waals surface area (Å²) in [6, 6.07) is 5.59. The molecule has 1 aliphatic rings. The summed E-state index contributed by atoms with van der Waals surface area (Å²) >= 11 is 0. The van der Waals surface area contributed by atoms with Crippen molar-refractivity contribution in [3.05, 3.63) is 29.5 Å². The Kier molecular flexibility index (Phi) is 3.59. The summed E-state index contributed by atoms with van der Waals surface area (Å²) < 4.78 is 11.2. The molecule has 0 spiro atoms. The van der Waals surface area contributed by atoms with Crippen LogP contribution >= 0.6 is 0 Å². The summed E-state index contributed by atoms with van der Waals surface area (Å²) in [5.74, 6) is 1.77. The van der Waals surface area contributed by atoms with Gasteiger partial charge >= 0.3 is 0 Å². The second-order valence-corrected chi connectivity index (χ2v) is 5.54. The van der Waals surface area contributed by atoms with E-state index in [4.69, 9.17) is 9.15 Å². The number of ether oxygens (including phenoxy) is 1. The Balaban J connectivity index is 1.85. The Bertz CT molecular complexity index is 673. The maximum Gasteiger partial charge on any atom is 0.226 e. The summed E-state index contributed by atoms with van der Waals surface area (Å²) in [4.78, 5) is 12.0. The number of fused-ring (bicyclic) bond motifs is 1. The lowest BCUT2D eigenvalue weighted by Gasteiger charge is -2.27. The molecule has 1 unspecified atom stereocenters. The first-order chi connectivity index (χ1) is 10.1. The minimum Gasteiger partial charge on any atom is -0.497 e. The zero-order valence-electron chi connectivity index (χ0n) is 12.5. The zero-order valence-corrected chi connectivity index (χ0v) is 12.5. The fourth-order valence-electron chi connectivity index (χ4n) is 2.63. The van der Waals surface area contributed by atoms with Gasteiger partial charge in [-0.25, -0.2) is 0 Å². The van der Waals surface area contributed by atoms with Gasteiger partial charge in [0.2, 0.25) is 5.91 Å². The van der Waals surface area contributed by atoms with E-state index in [1.54, 1.807) is 7.11 Å². The Morgan fingerprint density at radius 1 is 1.48 bits per heavy atom. The van der Waals surface area contributed by atoms with E-state index in [2.05, 4.69) is 10.6 Å². The van der Waals surface area contributed by atoms with E-state index in [-0.39, 0.29) is 17.9 Å². The summed E-state index contributed by atoms with van der Waals surface area (Å²) in [7, 11) is 1.65. The molecule has 2 aromatic rings. The second kappa shape index (κ2) is 5.41. The molecule has 0 saturated carbocycles. The summed E-state index contributed by atoms with van der Waals surface area (Å²) in [6.45, 7) is 5.48. The first kappa shape index (κ1) is 13.9. The summed E-state index contributed by atoms with van der Waals surface area (Å²) in [5, 5.41) is 7.15. The van der Waals surface area contributed by atoms with Gasteiger partial charge in [0.05, 0.1) is 19.1 Å². The monoisotopic (exact) mass is 288 g/mol. The number of aryl methyl sites for hydroxylation is 1. The van der Waals surface area contributed by atoms with Crippen LogP contribution in [0.15, 0.2) is 22.6 Å². The van der Waals surface area contributed by atoms with Gasteiger partial charge in [0.25, 0.3) is 0 Å². The van der Waals surface area contributed by atoms with Crippen molar-refractivity contribution in [3.8, 4) is 5.75 Å². The Labute approximate surface area is 123 Å². The molecule has 1 aromatic heterocycles. The van der Waals surface area contributed by atoms with Crippen molar-refractivity contribution in [2.24, 2.45) is 5.92 Å². The average molecular weight is 288 g/mol. The highest BCUT2D eigenvalue weighted by Crippen LogP contribution is 2.32. The van der Waals surface area contributed by atoms with Crippen LogP contribution in [0.5, 0.6) is 5.75 Å². The lowest BCUT2D eigenvalue weighted by atomic mass is 10.0. The first-order valence-electron chi connectivity index (χ1n) is 7.18. The van der Waals surface area contributed by atoms with Gasteiger partial charge in [-0.1, -0.05) is 0 Å². The molecule has 0 bridgehead atoms. The zero-order chi connectivity index (χ0) is 15.0. The fourth-order valence-corrected chi connectivity index (χ4v) is 2.63. The number of rotatable bonds is 4. The molecule has 2 N–H and O–H groups in total. The third-order valence-electron chi connectivity index (χ3n) is 4.08. The number of carbonyl (C=O) groups is 1. The molecule has 3 rings (SSSR count). The van der Waals surface area contributed by atoms with Crippen molar-refractivity contribution >= 4 is 16.9 Å². The maximum atomic E-state index is 12.0. The predicted molar refractivity (Wildman–Crippen MR) is 80.4 cm³/mol. The number of nitrogens with one attached hydrogen (secondary N) is 2. The minimum atomic E-state index is -0.142. The molecule has 5 nitrogen and oxygen atoms in total. The van der Waals surface area contributed by atoms with Crippen molar-refractivity contribution in [1.29, 1.82) is 0 Å². The van der Waals surface area contributed by atoms with Crippen LogP contribution in [0.1, 0.15) is 24.3 Å². The number of amides is 1. The summed E-state index contributed by atoms with van der Waals surface area (Å²) in [5.41, 5.74) is 1.86. The second-order valence-electron chi connectivity index (χ2n) is 5.54. The van der Waals surface area contributed by atoms with Gasteiger partial charge in [-0.05, 0) is 32.0 Å². The van der Waals surface area contributed by atoms with E-state index in [1.165, 1.54) is 0 Å². The highest BCUT2D eigenvalue weighted by Gasteiger charge is 2.27. The van der Waals surface area contributed by atoms with Crippen LogP contribution in [-0.2, 0) is 4.79 Å². The van der Waals surface area contributed by atoms with E-state index < -0.39 is 0 Å². The molecule has 1 saturated heterocycles. The number of hydrogen-bond donors (Lipinski definition) is 2. The van der Waals surface area contributed by atoms with Crippen molar-refractivity contribution in [2.45, 2.75) is 19.9 Å². The topological polar surface area (TPSA) is 63.5 Å². The SMILES string of the molecule is COc1ccc2oc(C(C)NC(=O)C3CNC3)c(C)c2c1. The molecule has 112 valence electrons. The van der Waals surface area contributed by atoms with Crippen LogP contribution < -0.4 is 15.4 Å². The molecule has 1 amide bonds. The van der Waals surface area contributed by atoms with Gasteiger partial charge in [-0.15, -0.1) is 0 Å². The largest absolute Gasteiger partial charge is 0.497 e. The van der Waals surface area contributed by atoms with Crippen molar-refractivity contribution in [1.82, 2.24) is 10.6 Å². The van der Waals surface area contributed by atoms with Crippen molar-refractivity contribution < 1.29 is 13.9 Å². The highest BCUT2D eigenvalue weighted by atomic mass is 16.5. The van der Waals surface area contributed by atoms with Crippen LogP contribution in [0, 0.1) is 12.8 Å². The molecule has 1 aliphatic heterocycles. The van der Waals surface area contributed by atoms with E-state index >= 15 is 0 Å². The maximum absolute atomic E-state index is 12.0. The number of carbonyl (C=O) groups excluding carboxylic acids is 1. The lowest BCUT2D eigenvalue weighted by Crippen LogP contribution is -2.51. The highest BCUT2D eigenvalue weighted by molar-refractivity contribution is 5.84. The molecule has 2 heterocycles. The van der Waals surface area contributed by atoms with Gasteiger partial charge in [0.1, 0.15) is 17.1 Å². The third-order valence-corrected chi connectivity index (χ3v) is 4.08. The van der Waals surface area contributed by atoms with E-state index in [0.717, 1.165) is 41.1 Å². The van der Waals surface area contributed by atoms with Gasteiger partial charge in [0.15, 0.2) is 0 Å². The molecule has 1 atom stereocenters. The number of furan rings is 1. The predicted octanol–water partition coefficient (Wildman–Crippen LogP) is 2.15. The van der Waals surface area contributed by atoms with Gasteiger partial charge in [-0.3, -0.25) is 4.79 Å². The molecular weight excluding hydrogens is 268 g/mol. The van der Waals surface area contributed by atoms with Gasteiger partial charge in [-0.2, -0.15) is 0 Å². The molecule has 0 aliphatic carbocycles. The third kappa shape index (κ3) is 2.49. The molecule has 1 fully saturated rings. The molecular formula is C16H20N2O3. The van der Waals surface area contributed by atoms with Gasteiger partial charge < -0.3 is 19.8 Å². The van der Waals surface area contributed by atoms with Crippen molar-refractivity contribution in [2.75, 3.05) is 20.2 Å². The van der Waals surface area contributed by atoms with Crippen LogP contribution in [-0.4, -0.2) is 26.1 Å². The van der Waals surface area contributed by atoms with Crippen LogP contribution in [0.25, 0.3) is 11.0 Å². The summed E-state index contributed by atoms with van der Waals surface area (Å²) in [6.07, 6.45) is 0. The van der Waals surface area contributed by atoms with Crippen LogP contribution in [0.4, 0.5) is 0 Å². The first-order valence-corrected chi connectivity index (χ1v) is 7.18. The Morgan fingerprint density at radius 2 is 2.24 bits per heavy atom. The average Bonchev–Trinajstić information content (AvgIpc) is 2.73. The number of benzene rings is 1. The van der Waals surface area contributed by atoms with E-state index in [0.29, 0.717) is 0 Å². The molecule has 5 heteroatoms. The normalized spacial score (nSPS) is 16.5. The smallest absolute Gasteiger partial charge is 0.226 e. The number of methoxy groups -OCH3 is 1. The lowest BCUT2D eigenvalue weighted by molar-refractivity contribution is -0.127. The molecule has 1 aromatic carbocycles. The van der Waals surface area contributed by atoms with Gasteiger partial charge in [0, 0.05) is 24.0 Å². The van der Waals surface area contributed by atoms with E-state index in [1.807, 2.05) is 32.0 Å². The molecule has 0 radical (unpaired) electrons. The van der Waals surface area contributed by atoms with E-state index in [9.17, 15) is 4.79 Å². The minimum absolute atomic E-state index is 0.0808. The van der Waals surface area contributed by atoms with Crippen LogP contribution in [0.2, 0.25) is 0 Å². The fraction of sp³-hybridized carbons (Fsp3) is 0.438. The quantitative estimate of drug-likeness (QED) is 0.905. The standard InChI is InChI=1S/C16H20N2O3/c1-9-13-6-12(20-3)4-5-14(13)21-15(9)10(2)18-16(19)11-7-17-8-11/h4-6,10-11,17H,7-8H2,1-3H3,(H,18,19). The Morgan fingerprint density at radius 3 is 2.86 bits per heavy atom.